The molecule has 0 bridgehead atoms. The molecule has 1 amide bonds. The average Bonchev–Trinajstić information content (AvgIpc) is 2.54. The summed E-state index contributed by atoms with van der Waals surface area (Å²) in [7, 11) is 0. The molecule has 0 aromatic heterocycles. The number of carbonyl (C=O) groups excluding carboxylic acids is 1. The first-order chi connectivity index (χ1) is 11.1. The summed E-state index contributed by atoms with van der Waals surface area (Å²) in [5.74, 6) is -0.323. The Hall–Kier alpha value is -2.04. The summed E-state index contributed by atoms with van der Waals surface area (Å²) >= 11 is 0. The van der Waals surface area contributed by atoms with Crippen molar-refractivity contribution < 1.29 is 19.4 Å². The van der Waals surface area contributed by atoms with Crippen LogP contribution in [0.1, 0.15) is 51.0 Å². The number of nitrogens with one attached hydrogen (secondary N) is 1. The standard InChI is InChI=1S/C18H27NO4/c1-2-3-4-7-14-23-16-9-6-5-8-15(16)12-13-19-17(20)10-11-18(21)22/h5-6,8-9H,2-4,7,10-14H2,1H3,(H,19,20)(H,21,22). The second-order valence-corrected chi connectivity index (χ2v) is 5.51. The Morgan fingerprint density at radius 1 is 1.13 bits per heavy atom. The summed E-state index contributed by atoms with van der Waals surface area (Å²) in [6.07, 6.45) is 5.22. The molecule has 1 aromatic carbocycles. The van der Waals surface area contributed by atoms with Crippen LogP contribution in [0.4, 0.5) is 0 Å². The fourth-order valence-corrected chi connectivity index (χ4v) is 2.21. The number of aliphatic carboxylic acids is 1. The molecule has 0 saturated carbocycles. The summed E-state index contributed by atoms with van der Waals surface area (Å²) in [6.45, 7) is 3.37. The first-order valence-corrected chi connectivity index (χ1v) is 8.32. The predicted molar refractivity (Wildman–Crippen MR) is 89.7 cm³/mol. The van der Waals surface area contributed by atoms with Gasteiger partial charge in [0.05, 0.1) is 13.0 Å². The van der Waals surface area contributed by atoms with Gasteiger partial charge in [-0.05, 0) is 24.5 Å². The van der Waals surface area contributed by atoms with Crippen molar-refractivity contribution in [1.29, 1.82) is 0 Å². The Kier molecular flexibility index (Phi) is 9.52. The fourth-order valence-electron chi connectivity index (χ4n) is 2.21. The van der Waals surface area contributed by atoms with Gasteiger partial charge in [0.2, 0.25) is 5.91 Å². The molecule has 128 valence electrons. The highest BCUT2D eigenvalue weighted by Gasteiger charge is 2.06. The third-order valence-electron chi connectivity index (χ3n) is 3.51. The fraction of sp³-hybridized carbons (Fsp3) is 0.556. The van der Waals surface area contributed by atoms with E-state index in [1.807, 2.05) is 24.3 Å². The van der Waals surface area contributed by atoms with Crippen molar-refractivity contribution >= 4 is 11.9 Å². The van der Waals surface area contributed by atoms with Crippen LogP contribution in [0.2, 0.25) is 0 Å². The number of unbranched alkanes of at least 4 members (excludes halogenated alkanes) is 3. The topological polar surface area (TPSA) is 75.6 Å². The third kappa shape index (κ3) is 8.86. The van der Waals surface area contributed by atoms with Gasteiger partial charge >= 0.3 is 5.97 Å². The van der Waals surface area contributed by atoms with Crippen molar-refractivity contribution in [2.75, 3.05) is 13.2 Å². The molecule has 0 spiro atoms. The minimum Gasteiger partial charge on any atom is -0.493 e. The maximum Gasteiger partial charge on any atom is 0.303 e. The van der Waals surface area contributed by atoms with E-state index >= 15 is 0 Å². The monoisotopic (exact) mass is 321 g/mol. The van der Waals surface area contributed by atoms with Gasteiger partial charge in [-0.25, -0.2) is 0 Å². The molecule has 0 aliphatic heterocycles. The zero-order valence-corrected chi connectivity index (χ0v) is 13.8. The number of amides is 1. The lowest BCUT2D eigenvalue weighted by atomic mass is 10.1. The normalized spacial score (nSPS) is 10.3. The highest BCUT2D eigenvalue weighted by atomic mass is 16.5. The molecule has 1 rings (SSSR count). The van der Waals surface area contributed by atoms with E-state index in [0.717, 1.165) is 17.7 Å². The van der Waals surface area contributed by atoms with Gasteiger partial charge in [0.25, 0.3) is 0 Å². The van der Waals surface area contributed by atoms with Crippen molar-refractivity contribution in [3.8, 4) is 5.75 Å². The molecular formula is C18H27NO4. The van der Waals surface area contributed by atoms with E-state index in [1.165, 1.54) is 19.3 Å². The number of carboxylic acid groups (broad SMARTS) is 1. The molecule has 2 N–H and O–H groups in total. The quantitative estimate of drug-likeness (QED) is 0.580. The molecule has 1 aromatic rings. The van der Waals surface area contributed by atoms with E-state index in [4.69, 9.17) is 9.84 Å². The van der Waals surface area contributed by atoms with Crippen molar-refractivity contribution in [3.63, 3.8) is 0 Å². The van der Waals surface area contributed by atoms with Crippen molar-refractivity contribution in [2.24, 2.45) is 0 Å². The molecule has 0 unspecified atom stereocenters. The lowest BCUT2D eigenvalue weighted by molar-refractivity contribution is -0.138. The second-order valence-electron chi connectivity index (χ2n) is 5.51. The summed E-state index contributed by atoms with van der Waals surface area (Å²) in [5, 5.41) is 11.3. The van der Waals surface area contributed by atoms with Gasteiger partial charge in [-0.15, -0.1) is 0 Å². The molecule has 0 aliphatic carbocycles. The van der Waals surface area contributed by atoms with Crippen LogP contribution in [-0.2, 0) is 16.0 Å². The van der Waals surface area contributed by atoms with Gasteiger partial charge in [-0.3, -0.25) is 9.59 Å². The summed E-state index contributed by atoms with van der Waals surface area (Å²) in [4.78, 5) is 21.9. The van der Waals surface area contributed by atoms with E-state index in [2.05, 4.69) is 12.2 Å². The average molecular weight is 321 g/mol. The van der Waals surface area contributed by atoms with E-state index in [0.29, 0.717) is 19.6 Å². The number of rotatable bonds is 12. The maximum absolute atomic E-state index is 11.5. The van der Waals surface area contributed by atoms with Crippen LogP contribution in [-0.4, -0.2) is 30.1 Å². The first kappa shape index (κ1) is 19.0. The molecular weight excluding hydrogens is 294 g/mol. The molecule has 0 heterocycles. The number of hydrogen-bond donors (Lipinski definition) is 2. The molecule has 23 heavy (non-hydrogen) atoms. The van der Waals surface area contributed by atoms with Crippen molar-refractivity contribution in [3.05, 3.63) is 29.8 Å². The van der Waals surface area contributed by atoms with Gasteiger partial charge < -0.3 is 15.2 Å². The second kappa shape index (κ2) is 11.5. The van der Waals surface area contributed by atoms with E-state index in [9.17, 15) is 9.59 Å². The van der Waals surface area contributed by atoms with Gasteiger partial charge in [-0.2, -0.15) is 0 Å². The molecule has 0 fully saturated rings. The third-order valence-corrected chi connectivity index (χ3v) is 3.51. The van der Waals surface area contributed by atoms with E-state index in [1.54, 1.807) is 0 Å². The number of carboxylic acids is 1. The number of hydrogen-bond acceptors (Lipinski definition) is 3. The molecule has 5 heteroatoms. The van der Waals surface area contributed by atoms with E-state index < -0.39 is 5.97 Å². The smallest absolute Gasteiger partial charge is 0.303 e. The van der Waals surface area contributed by atoms with Crippen LogP contribution in [0.25, 0.3) is 0 Å². The first-order valence-electron chi connectivity index (χ1n) is 8.32. The maximum atomic E-state index is 11.5. The molecule has 5 nitrogen and oxygen atoms in total. The van der Waals surface area contributed by atoms with Gasteiger partial charge in [-0.1, -0.05) is 44.4 Å². The van der Waals surface area contributed by atoms with Gasteiger partial charge in [0.15, 0.2) is 0 Å². The highest BCUT2D eigenvalue weighted by molar-refractivity contribution is 5.80. The van der Waals surface area contributed by atoms with Crippen LogP contribution in [0.5, 0.6) is 5.75 Å². The van der Waals surface area contributed by atoms with Crippen molar-refractivity contribution in [2.45, 2.75) is 51.9 Å². The molecule has 0 radical (unpaired) electrons. The van der Waals surface area contributed by atoms with Gasteiger partial charge in [0, 0.05) is 13.0 Å². The summed E-state index contributed by atoms with van der Waals surface area (Å²) in [5.41, 5.74) is 1.06. The largest absolute Gasteiger partial charge is 0.493 e. The SMILES string of the molecule is CCCCCCOc1ccccc1CCNC(=O)CCC(=O)O. The van der Waals surface area contributed by atoms with Crippen LogP contribution in [0.15, 0.2) is 24.3 Å². The van der Waals surface area contributed by atoms with Crippen LogP contribution < -0.4 is 10.1 Å². The molecule has 0 aliphatic rings. The lowest BCUT2D eigenvalue weighted by Gasteiger charge is -2.12. The van der Waals surface area contributed by atoms with Gasteiger partial charge in [0.1, 0.15) is 5.75 Å². The Labute approximate surface area is 138 Å². The van der Waals surface area contributed by atoms with E-state index in [-0.39, 0.29) is 18.7 Å². The lowest BCUT2D eigenvalue weighted by Crippen LogP contribution is -2.26. The number of benzene rings is 1. The minimum atomic E-state index is -0.957. The number of carbonyl (C=O) groups is 2. The zero-order valence-electron chi connectivity index (χ0n) is 13.8. The number of para-hydroxylation sites is 1. The summed E-state index contributed by atoms with van der Waals surface area (Å²) < 4.78 is 5.83. The minimum absolute atomic E-state index is 0.0188. The Morgan fingerprint density at radius 3 is 2.65 bits per heavy atom. The highest BCUT2D eigenvalue weighted by Crippen LogP contribution is 2.18. The molecule has 0 atom stereocenters. The Bertz CT molecular complexity index is 488. The zero-order chi connectivity index (χ0) is 16.9. The van der Waals surface area contributed by atoms with Crippen LogP contribution in [0.3, 0.4) is 0 Å². The van der Waals surface area contributed by atoms with Crippen LogP contribution in [0, 0.1) is 0 Å². The van der Waals surface area contributed by atoms with Crippen LogP contribution >= 0.6 is 0 Å². The Balaban J connectivity index is 2.33. The summed E-state index contributed by atoms with van der Waals surface area (Å²) in [6, 6.07) is 7.83. The Morgan fingerprint density at radius 2 is 1.91 bits per heavy atom. The van der Waals surface area contributed by atoms with Crippen molar-refractivity contribution in [1.82, 2.24) is 5.32 Å². The predicted octanol–water partition coefficient (Wildman–Crippen LogP) is 3.17. The number of ether oxygens (including phenoxy) is 1. The molecule has 0 saturated heterocycles.